The Morgan fingerprint density at radius 1 is 1.13 bits per heavy atom. The first-order valence-corrected chi connectivity index (χ1v) is 11.6. The molecule has 1 aliphatic heterocycles. The van der Waals surface area contributed by atoms with Crippen molar-refractivity contribution < 1.29 is 22.7 Å². The van der Waals surface area contributed by atoms with Crippen molar-refractivity contribution in [1.82, 2.24) is 0 Å². The molecular weight excluding hydrogens is 438 g/mol. The van der Waals surface area contributed by atoms with E-state index in [4.69, 9.17) is 10.5 Å². The molecule has 10 heteroatoms. The molecule has 0 radical (unpaired) electrons. The van der Waals surface area contributed by atoms with E-state index in [0.29, 0.717) is 18.7 Å². The second-order valence-corrected chi connectivity index (χ2v) is 9.58. The van der Waals surface area contributed by atoms with E-state index in [2.05, 4.69) is 5.32 Å². The van der Waals surface area contributed by atoms with Crippen molar-refractivity contribution in [3.05, 3.63) is 70.6 Å². The highest BCUT2D eigenvalue weighted by atomic mass is 32.2. The second-order valence-electron chi connectivity index (χ2n) is 6.80. The molecule has 2 amide bonds. The van der Waals surface area contributed by atoms with E-state index < -0.39 is 21.8 Å². The number of thiophene rings is 1. The summed E-state index contributed by atoms with van der Waals surface area (Å²) in [5.74, 6) is -1.08. The monoisotopic (exact) mass is 457 g/mol. The molecule has 2 heterocycles. The lowest BCUT2D eigenvalue weighted by Gasteiger charge is -2.20. The zero-order valence-corrected chi connectivity index (χ0v) is 18.1. The molecule has 3 N–H and O–H groups in total. The van der Waals surface area contributed by atoms with E-state index in [-0.39, 0.29) is 26.8 Å². The Morgan fingerprint density at radius 3 is 2.65 bits per heavy atom. The average Bonchev–Trinajstić information content (AvgIpc) is 3.40. The molecule has 160 valence electrons. The molecule has 8 nitrogen and oxygen atoms in total. The highest BCUT2D eigenvalue weighted by Gasteiger charge is 2.31. The fourth-order valence-corrected chi connectivity index (χ4v) is 5.80. The number of hydrogen-bond donors (Lipinski definition) is 2. The van der Waals surface area contributed by atoms with Crippen molar-refractivity contribution in [2.75, 3.05) is 23.3 Å². The van der Waals surface area contributed by atoms with Crippen LogP contribution in [0.2, 0.25) is 0 Å². The first-order valence-electron chi connectivity index (χ1n) is 9.30. The second kappa shape index (κ2) is 8.05. The van der Waals surface area contributed by atoms with E-state index >= 15 is 0 Å². The third kappa shape index (κ3) is 3.75. The van der Waals surface area contributed by atoms with Crippen molar-refractivity contribution >= 4 is 43.9 Å². The van der Waals surface area contributed by atoms with Crippen LogP contribution in [0.5, 0.6) is 5.75 Å². The maximum Gasteiger partial charge on any atom is 0.264 e. The predicted molar refractivity (Wildman–Crippen MR) is 118 cm³/mol. The van der Waals surface area contributed by atoms with Crippen molar-refractivity contribution in [1.29, 1.82) is 0 Å². The lowest BCUT2D eigenvalue weighted by Crippen LogP contribution is -2.29. The van der Waals surface area contributed by atoms with Crippen molar-refractivity contribution in [3.8, 4) is 5.75 Å². The summed E-state index contributed by atoms with van der Waals surface area (Å²) in [5, 5.41) is 4.52. The van der Waals surface area contributed by atoms with Crippen LogP contribution in [0.3, 0.4) is 0 Å². The number of amides is 2. The molecule has 0 fully saturated rings. The van der Waals surface area contributed by atoms with Crippen LogP contribution in [0.4, 0.5) is 10.7 Å². The van der Waals surface area contributed by atoms with E-state index in [0.717, 1.165) is 16.9 Å². The molecule has 0 spiro atoms. The summed E-state index contributed by atoms with van der Waals surface area (Å²) in [5.41, 5.74) is 7.12. The number of hydrogen-bond acceptors (Lipinski definition) is 6. The number of ether oxygens (including phenoxy) is 1. The van der Waals surface area contributed by atoms with Gasteiger partial charge in [-0.1, -0.05) is 18.2 Å². The summed E-state index contributed by atoms with van der Waals surface area (Å²) in [6.45, 7) is 0.326. The lowest BCUT2D eigenvalue weighted by atomic mass is 10.2. The summed E-state index contributed by atoms with van der Waals surface area (Å²) < 4.78 is 33.3. The van der Waals surface area contributed by atoms with Crippen LogP contribution in [0.15, 0.2) is 58.8 Å². The zero-order chi connectivity index (χ0) is 22.2. The highest BCUT2D eigenvalue weighted by molar-refractivity contribution is 7.92. The Balaban J connectivity index is 1.70. The molecule has 1 aliphatic rings. The number of para-hydroxylation sites is 1. The van der Waals surface area contributed by atoms with Crippen LogP contribution in [0.25, 0.3) is 0 Å². The number of carbonyl (C=O) groups excluding carboxylic acids is 2. The molecule has 3 aromatic rings. The van der Waals surface area contributed by atoms with Gasteiger partial charge in [0.25, 0.3) is 21.8 Å². The van der Waals surface area contributed by atoms with Gasteiger partial charge in [0.15, 0.2) is 0 Å². The summed E-state index contributed by atoms with van der Waals surface area (Å²) >= 11 is 1.14. The van der Waals surface area contributed by atoms with Crippen LogP contribution in [0.1, 0.15) is 26.3 Å². The van der Waals surface area contributed by atoms with Gasteiger partial charge in [-0.05, 0) is 47.7 Å². The highest BCUT2D eigenvalue weighted by Crippen LogP contribution is 2.34. The predicted octanol–water partition coefficient (Wildman–Crippen LogP) is 2.86. The number of carbonyl (C=O) groups is 2. The third-order valence-electron chi connectivity index (χ3n) is 5.01. The van der Waals surface area contributed by atoms with Gasteiger partial charge >= 0.3 is 0 Å². The lowest BCUT2D eigenvalue weighted by molar-refractivity contribution is 0.100. The first kappa shape index (κ1) is 20.9. The zero-order valence-electron chi connectivity index (χ0n) is 16.5. The molecule has 0 bridgehead atoms. The maximum absolute atomic E-state index is 13.3. The van der Waals surface area contributed by atoms with Crippen LogP contribution < -0.4 is 20.1 Å². The number of nitrogens with two attached hydrogens (primary N) is 1. The van der Waals surface area contributed by atoms with Gasteiger partial charge in [-0.2, -0.15) is 0 Å². The largest absolute Gasteiger partial charge is 0.496 e. The average molecular weight is 458 g/mol. The van der Waals surface area contributed by atoms with Crippen molar-refractivity contribution in [2.45, 2.75) is 11.3 Å². The fraction of sp³-hybridized carbons (Fsp3) is 0.143. The number of nitrogens with one attached hydrogen (secondary N) is 1. The fourth-order valence-electron chi connectivity index (χ4n) is 3.48. The van der Waals surface area contributed by atoms with Crippen molar-refractivity contribution in [3.63, 3.8) is 0 Å². The van der Waals surface area contributed by atoms with E-state index in [1.165, 1.54) is 35.7 Å². The van der Waals surface area contributed by atoms with Gasteiger partial charge < -0.3 is 15.8 Å². The quantitative estimate of drug-likeness (QED) is 0.590. The van der Waals surface area contributed by atoms with Crippen LogP contribution >= 0.6 is 11.3 Å². The topological polar surface area (TPSA) is 119 Å². The maximum atomic E-state index is 13.3. The molecule has 1 aromatic heterocycles. The summed E-state index contributed by atoms with van der Waals surface area (Å²) in [7, 11) is -2.50. The number of fused-ring (bicyclic) bond motifs is 1. The minimum atomic E-state index is -3.89. The molecular formula is C21H19N3O5S2. The number of rotatable bonds is 6. The normalized spacial score (nSPS) is 13.0. The van der Waals surface area contributed by atoms with E-state index in [1.54, 1.807) is 17.5 Å². The molecule has 31 heavy (non-hydrogen) atoms. The van der Waals surface area contributed by atoms with Gasteiger partial charge in [0.2, 0.25) is 0 Å². The van der Waals surface area contributed by atoms with Gasteiger partial charge in [-0.3, -0.25) is 13.9 Å². The van der Waals surface area contributed by atoms with Crippen molar-refractivity contribution in [2.24, 2.45) is 5.73 Å². The van der Waals surface area contributed by atoms with Crippen LogP contribution in [-0.4, -0.2) is 33.9 Å². The number of methoxy groups -OCH3 is 1. The minimum absolute atomic E-state index is 0.0277. The number of anilines is 2. The minimum Gasteiger partial charge on any atom is -0.496 e. The van der Waals surface area contributed by atoms with Gasteiger partial charge in [0, 0.05) is 6.54 Å². The summed E-state index contributed by atoms with van der Waals surface area (Å²) in [6, 6.07) is 13.0. The molecule has 0 unspecified atom stereocenters. The molecule has 0 aliphatic carbocycles. The Kier molecular flexibility index (Phi) is 5.42. The van der Waals surface area contributed by atoms with Crippen LogP contribution in [0, 0.1) is 0 Å². The summed E-state index contributed by atoms with van der Waals surface area (Å²) in [6.07, 6.45) is 0.618. The molecule has 0 saturated heterocycles. The number of benzene rings is 2. The van der Waals surface area contributed by atoms with Gasteiger partial charge in [0.05, 0.1) is 28.8 Å². The number of nitrogens with zero attached hydrogens (tertiary/aromatic N) is 1. The van der Waals surface area contributed by atoms with Gasteiger partial charge in [-0.15, -0.1) is 11.3 Å². The summed E-state index contributed by atoms with van der Waals surface area (Å²) in [4.78, 5) is 24.4. The Hall–Kier alpha value is -3.37. The van der Waals surface area contributed by atoms with E-state index in [1.807, 2.05) is 12.1 Å². The first-order chi connectivity index (χ1) is 14.8. The van der Waals surface area contributed by atoms with Crippen LogP contribution in [-0.2, 0) is 16.4 Å². The molecule has 2 aromatic carbocycles. The number of sulfonamides is 1. The van der Waals surface area contributed by atoms with Gasteiger partial charge in [0.1, 0.15) is 10.8 Å². The Morgan fingerprint density at radius 2 is 1.90 bits per heavy atom. The Labute approximate surface area is 183 Å². The molecule has 4 rings (SSSR count). The SMILES string of the molecule is COc1ccc(S(=O)(=O)N2CCc3ccccc32)cc1C(=O)Nc1sccc1C(N)=O. The van der Waals surface area contributed by atoms with Gasteiger partial charge in [-0.25, -0.2) is 8.42 Å². The number of primary amides is 1. The van der Waals surface area contributed by atoms with E-state index in [9.17, 15) is 18.0 Å². The smallest absolute Gasteiger partial charge is 0.264 e. The third-order valence-corrected chi connectivity index (χ3v) is 7.64. The molecule has 0 atom stereocenters. The molecule has 0 saturated carbocycles. The standard InChI is InChI=1S/C21H19N3O5S2/c1-29-18-7-6-14(31(27,28)24-10-8-13-4-2-3-5-17(13)24)12-16(18)20(26)23-21-15(19(22)25)9-11-30-21/h2-7,9,11-12H,8,10H2,1H3,(H2,22,25)(H,23,26). The Bertz CT molecular complexity index is 1280.